The van der Waals surface area contributed by atoms with Gasteiger partial charge in [-0.2, -0.15) is 4.98 Å². The molecule has 2 unspecified atom stereocenters. The highest BCUT2D eigenvalue weighted by atomic mass is 16.3. The van der Waals surface area contributed by atoms with Crippen molar-refractivity contribution in [2.45, 2.75) is 53.0 Å². The van der Waals surface area contributed by atoms with E-state index in [0.717, 1.165) is 24.8 Å². The minimum atomic E-state index is -0.556. The number of nitrogens with one attached hydrogen (secondary N) is 1. The van der Waals surface area contributed by atoms with E-state index >= 15 is 0 Å². The minimum Gasteiger partial charge on any atom is -0.493 e. The second-order valence-electron chi connectivity index (χ2n) is 8.13. The Bertz CT molecular complexity index is 885. The number of fused-ring (bicyclic) bond motifs is 1. The zero-order valence-corrected chi connectivity index (χ0v) is 15.2. The Hall–Kier alpha value is -2.37. The lowest BCUT2D eigenvalue weighted by atomic mass is 9.70. The lowest BCUT2D eigenvalue weighted by Gasteiger charge is -2.39. The maximum Gasteiger partial charge on any atom is 0.274 e. The van der Waals surface area contributed by atoms with Crippen molar-refractivity contribution in [1.29, 1.82) is 0 Å². The molecule has 25 heavy (non-hydrogen) atoms. The van der Waals surface area contributed by atoms with E-state index in [4.69, 9.17) is 0 Å². The molecule has 2 atom stereocenters. The van der Waals surface area contributed by atoms with E-state index in [2.05, 4.69) is 31.1 Å². The highest BCUT2D eigenvalue weighted by Crippen LogP contribution is 2.38. The second kappa shape index (κ2) is 6.17. The first-order valence-electron chi connectivity index (χ1n) is 8.69. The fourth-order valence-corrected chi connectivity index (χ4v) is 4.14. The summed E-state index contributed by atoms with van der Waals surface area (Å²) in [6.07, 6.45) is 4.41. The molecule has 1 aliphatic carbocycles. The van der Waals surface area contributed by atoms with Crippen LogP contribution in [0.2, 0.25) is 0 Å². The van der Waals surface area contributed by atoms with Gasteiger partial charge < -0.3 is 10.4 Å². The lowest BCUT2D eigenvalue weighted by molar-refractivity contribution is 0.0869. The molecule has 2 aromatic rings. The fourth-order valence-electron chi connectivity index (χ4n) is 4.14. The molecule has 1 aliphatic rings. The summed E-state index contributed by atoms with van der Waals surface area (Å²) < 4.78 is 1.29. The molecule has 6 heteroatoms. The highest BCUT2D eigenvalue weighted by Gasteiger charge is 2.33. The van der Waals surface area contributed by atoms with E-state index in [-0.39, 0.29) is 17.0 Å². The maximum atomic E-state index is 12.7. The van der Waals surface area contributed by atoms with Crippen LogP contribution >= 0.6 is 0 Å². The molecule has 6 nitrogen and oxygen atoms in total. The monoisotopic (exact) mass is 343 g/mol. The van der Waals surface area contributed by atoms with Gasteiger partial charge in [-0.3, -0.25) is 14.0 Å². The van der Waals surface area contributed by atoms with Gasteiger partial charge in [-0.05, 0) is 55.2 Å². The zero-order valence-electron chi connectivity index (χ0n) is 15.2. The Morgan fingerprint density at radius 3 is 2.80 bits per heavy atom. The van der Waals surface area contributed by atoms with E-state index in [1.54, 1.807) is 18.3 Å². The number of aryl methyl sites for hydroxylation is 1. The summed E-state index contributed by atoms with van der Waals surface area (Å²) in [6.45, 7) is 8.42. The summed E-state index contributed by atoms with van der Waals surface area (Å²) in [7, 11) is 0. The molecule has 1 saturated carbocycles. The number of pyridine rings is 1. The summed E-state index contributed by atoms with van der Waals surface area (Å²) in [5.74, 6) is -0.572. The molecule has 0 radical (unpaired) electrons. The third-order valence-corrected chi connectivity index (χ3v) is 4.92. The number of aromatic nitrogens is 2. The quantitative estimate of drug-likeness (QED) is 0.878. The van der Waals surface area contributed by atoms with E-state index < -0.39 is 17.3 Å². The Morgan fingerprint density at radius 2 is 2.12 bits per heavy atom. The van der Waals surface area contributed by atoms with E-state index in [1.165, 1.54) is 4.40 Å². The molecular formula is C19H25N3O3. The highest BCUT2D eigenvalue weighted by molar-refractivity contribution is 5.96. The predicted octanol–water partition coefficient (Wildman–Crippen LogP) is 2.65. The largest absolute Gasteiger partial charge is 0.493 e. The molecule has 1 amide bonds. The average molecular weight is 343 g/mol. The van der Waals surface area contributed by atoms with Gasteiger partial charge in [0.1, 0.15) is 5.65 Å². The van der Waals surface area contributed by atoms with Crippen molar-refractivity contribution in [2.24, 2.45) is 11.3 Å². The Morgan fingerprint density at radius 1 is 1.40 bits per heavy atom. The van der Waals surface area contributed by atoms with Crippen molar-refractivity contribution in [2.75, 3.05) is 0 Å². The van der Waals surface area contributed by atoms with Crippen LogP contribution in [-0.2, 0) is 0 Å². The lowest BCUT2D eigenvalue weighted by Crippen LogP contribution is -2.44. The molecule has 2 N–H and O–H groups in total. The van der Waals surface area contributed by atoms with Crippen LogP contribution in [0, 0.1) is 18.3 Å². The number of rotatable bonds is 2. The van der Waals surface area contributed by atoms with Gasteiger partial charge in [0.05, 0.1) is 0 Å². The number of carbonyl (C=O) groups is 1. The Balaban J connectivity index is 1.92. The van der Waals surface area contributed by atoms with Crippen molar-refractivity contribution < 1.29 is 9.90 Å². The van der Waals surface area contributed by atoms with Crippen molar-refractivity contribution in [3.05, 3.63) is 39.8 Å². The normalized spacial score (nSPS) is 22.7. The minimum absolute atomic E-state index is 0.0104. The summed E-state index contributed by atoms with van der Waals surface area (Å²) in [5, 5.41) is 13.1. The van der Waals surface area contributed by atoms with Gasteiger partial charge in [-0.1, -0.05) is 20.8 Å². The Labute approximate surface area is 146 Å². The molecule has 0 bridgehead atoms. The number of amides is 1. The molecule has 3 rings (SSSR count). The van der Waals surface area contributed by atoms with Gasteiger partial charge in [0.15, 0.2) is 5.56 Å². The van der Waals surface area contributed by atoms with E-state index in [0.29, 0.717) is 11.6 Å². The van der Waals surface area contributed by atoms with Crippen molar-refractivity contribution in [3.8, 4) is 5.88 Å². The topological polar surface area (TPSA) is 83.7 Å². The molecule has 0 saturated heterocycles. The molecule has 1 fully saturated rings. The first kappa shape index (κ1) is 17.5. The Kier molecular flexibility index (Phi) is 4.31. The summed E-state index contributed by atoms with van der Waals surface area (Å²) in [5.41, 5.74) is 0.542. The van der Waals surface area contributed by atoms with Crippen molar-refractivity contribution in [3.63, 3.8) is 0 Å². The van der Waals surface area contributed by atoms with E-state index in [9.17, 15) is 14.7 Å². The molecule has 2 heterocycles. The number of nitrogens with zero attached hydrogens (tertiary/aromatic N) is 2. The van der Waals surface area contributed by atoms with Gasteiger partial charge in [0, 0.05) is 12.2 Å². The number of hydrogen-bond acceptors (Lipinski definition) is 4. The van der Waals surface area contributed by atoms with E-state index in [1.807, 2.05) is 6.92 Å². The maximum absolute atomic E-state index is 12.7. The van der Waals surface area contributed by atoms with Crippen molar-refractivity contribution in [1.82, 2.24) is 14.7 Å². The SMILES string of the molecule is Cc1ccn2c(=O)c(C(=O)NC3CC(C)CC(C)(C)C3)c(O)nc2c1. The van der Waals surface area contributed by atoms with Gasteiger partial charge >= 0.3 is 0 Å². The third-order valence-electron chi connectivity index (χ3n) is 4.92. The smallest absolute Gasteiger partial charge is 0.274 e. The van der Waals surface area contributed by atoms with Gasteiger partial charge in [0.25, 0.3) is 11.5 Å². The molecule has 0 aliphatic heterocycles. The van der Waals surface area contributed by atoms with Crippen LogP contribution in [0.25, 0.3) is 5.65 Å². The van der Waals surface area contributed by atoms with Gasteiger partial charge in [0.2, 0.25) is 5.88 Å². The van der Waals surface area contributed by atoms with Gasteiger partial charge in [-0.15, -0.1) is 0 Å². The third kappa shape index (κ3) is 3.52. The van der Waals surface area contributed by atoms with Crippen LogP contribution in [0.4, 0.5) is 0 Å². The van der Waals surface area contributed by atoms with Gasteiger partial charge in [-0.25, -0.2) is 0 Å². The van der Waals surface area contributed by atoms with Crippen LogP contribution in [0.15, 0.2) is 23.1 Å². The van der Waals surface area contributed by atoms with Crippen LogP contribution in [0.1, 0.15) is 56.0 Å². The van der Waals surface area contributed by atoms with Crippen molar-refractivity contribution >= 4 is 11.6 Å². The molecule has 134 valence electrons. The predicted molar refractivity (Wildman–Crippen MR) is 95.9 cm³/mol. The summed E-state index contributed by atoms with van der Waals surface area (Å²) in [6, 6.07) is 3.44. The fraction of sp³-hybridized carbons (Fsp3) is 0.526. The molecule has 0 aromatic carbocycles. The summed E-state index contributed by atoms with van der Waals surface area (Å²) >= 11 is 0. The first-order valence-corrected chi connectivity index (χ1v) is 8.69. The van der Waals surface area contributed by atoms with Crippen LogP contribution in [-0.4, -0.2) is 26.4 Å². The average Bonchev–Trinajstić information content (AvgIpc) is 2.44. The second-order valence-corrected chi connectivity index (χ2v) is 8.13. The molecule has 0 spiro atoms. The van der Waals surface area contributed by atoms with Crippen LogP contribution < -0.4 is 10.9 Å². The zero-order chi connectivity index (χ0) is 18.4. The first-order chi connectivity index (χ1) is 11.7. The summed E-state index contributed by atoms with van der Waals surface area (Å²) in [4.78, 5) is 29.3. The number of carbonyl (C=O) groups excluding carboxylic acids is 1. The molecular weight excluding hydrogens is 318 g/mol. The van der Waals surface area contributed by atoms with Crippen LogP contribution in [0.3, 0.4) is 0 Å². The van der Waals surface area contributed by atoms with Crippen LogP contribution in [0.5, 0.6) is 5.88 Å². The number of aromatic hydroxyl groups is 1. The molecule has 2 aromatic heterocycles. The standard InChI is InChI=1S/C19H25N3O3/c1-11-5-6-22-14(8-11)21-17(24)15(18(22)25)16(23)20-13-7-12(2)9-19(3,4)10-13/h5-6,8,12-13,24H,7,9-10H2,1-4H3,(H,20,23). The number of hydrogen-bond donors (Lipinski definition) is 2.